The molecule has 0 unspecified atom stereocenters. The Kier molecular flexibility index (Phi) is 5.52. The first kappa shape index (κ1) is 17.0. The summed E-state index contributed by atoms with van der Waals surface area (Å²) in [6.45, 7) is 0.377. The van der Waals surface area contributed by atoms with Gasteiger partial charge in [-0.3, -0.25) is 10.1 Å². The van der Waals surface area contributed by atoms with Crippen LogP contribution in [0.1, 0.15) is 11.1 Å². The zero-order valence-corrected chi connectivity index (χ0v) is 13.3. The van der Waals surface area contributed by atoms with Crippen molar-refractivity contribution in [2.45, 2.75) is 6.42 Å². The van der Waals surface area contributed by atoms with E-state index in [9.17, 15) is 10.1 Å². The quantitative estimate of drug-likeness (QED) is 0.614. The van der Waals surface area contributed by atoms with Crippen LogP contribution in [-0.4, -0.2) is 30.7 Å². The number of nitrogens with zero attached hydrogens (tertiary/aromatic N) is 3. The van der Waals surface area contributed by atoms with Crippen molar-refractivity contribution >= 4 is 11.5 Å². The van der Waals surface area contributed by atoms with Crippen LogP contribution in [0.25, 0.3) is 0 Å². The molecule has 0 atom stereocenters. The minimum atomic E-state index is -0.460. The highest BCUT2D eigenvalue weighted by atomic mass is 16.6. The van der Waals surface area contributed by atoms with Crippen LogP contribution >= 0.6 is 0 Å². The van der Waals surface area contributed by atoms with Gasteiger partial charge >= 0.3 is 0 Å². The summed E-state index contributed by atoms with van der Waals surface area (Å²) in [6, 6.07) is 8.28. The van der Waals surface area contributed by atoms with Gasteiger partial charge in [-0.2, -0.15) is 5.26 Å². The molecule has 0 saturated carbocycles. The topological polar surface area (TPSA) is 110 Å². The fraction of sp³-hybridized carbons (Fsp3) is 0.250. The van der Waals surface area contributed by atoms with Crippen molar-refractivity contribution in [3.63, 3.8) is 0 Å². The van der Waals surface area contributed by atoms with E-state index in [0.717, 1.165) is 0 Å². The molecule has 8 nitrogen and oxygen atoms in total. The highest BCUT2D eigenvalue weighted by Crippen LogP contribution is 2.34. The fourth-order valence-electron chi connectivity index (χ4n) is 2.23. The van der Waals surface area contributed by atoms with Crippen molar-refractivity contribution in [2.24, 2.45) is 0 Å². The number of rotatable bonds is 7. The second-order valence-electron chi connectivity index (χ2n) is 4.78. The smallest absolute Gasteiger partial charge is 0.276 e. The SMILES string of the molecule is COc1cc(CCNc2ncccc2C#N)c([N+](=O)[O-])cc1OC. The second-order valence-corrected chi connectivity index (χ2v) is 4.78. The standard InChI is InChI=1S/C16H16N4O4/c1-23-14-8-11(13(20(21)22)9-15(14)24-2)5-7-19-16-12(10-17)4-3-6-18-16/h3-4,6,8-9H,5,7H2,1-2H3,(H,18,19). The largest absolute Gasteiger partial charge is 0.493 e. The summed E-state index contributed by atoms with van der Waals surface area (Å²) in [5.41, 5.74) is 0.870. The maximum Gasteiger partial charge on any atom is 0.276 e. The Balaban J connectivity index is 2.20. The molecule has 0 radical (unpaired) electrons. The number of ether oxygens (including phenoxy) is 2. The van der Waals surface area contributed by atoms with Gasteiger partial charge in [-0.25, -0.2) is 4.98 Å². The normalized spacial score (nSPS) is 9.88. The van der Waals surface area contributed by atoms with Crippen molar-refractivity contribution in [3.8, 4) is 17.6 Å². The molecular formula is C16H16N4O4. The van der Waals surface area contributed by atoms with Crippen molar-refractivity contribution in [3.05, 3.63) is 51.7 Å². The number of nitrogens with one attached hydrogen (secondary N) is 1. The van der Waals surface area contributed by atoms with Crippen LogP contribution in [0.15, 0.2) is 30.5 Å². The van der Waals surface area contributed by atoms with Gasteiger partial charge < -0.3 is 14.8 Å². The zero-order chi connectivity index (χ0) is 17.5. The zero-order valence-electron chi connectivity index (χ0n) is 13.3. The molecule has 1 aromatic carbocycles. The van der Waals surface area contributed by atoms with Gasteiger partial charge in [0.1, 0.15) is 11.9 Å². The summed E-state index contributed by atoms with van der Waals surface area (Å²) in [4.78, 5) is 14.9. The van der Waals surface area contributed by atoms with Gasteiger partial charge in [-0.1, -0.05) is 0 Å². The molecule has 1 heterocycles. The van der Waals surface area contributed by atoms with Crippen LogP contribution in [0.3, 0.4) is 0 Å². The summed E-state index contributed by atoms with van der Waals surface area (Å²) in [5.74, 6) is 1.18. The molecule has 0 fully saturated rings. The maximum atomic E-state index is 11.3. The highest BCUT2D eigenvalue weighted by Gasteiger charge is 2.19. The first-order chi connectivity index (χ1) is 11.6. The highest BCUT2D eigenvalue weighted by molar-refractivity contribution is 5.55. The Labute approximate surface area is 138 Å². The molecule has 0 aliphatic carbocycles. The third-order valence-corrected chi connectivity index (χ3v) is 3.40. The molecule has 0 spiro atoms. The van der Waals surface area contributed by atoms with Crippen molar-refractivity contribution in [2.75, 3.05) is 26.1 Å². The Morgan fingerprint density at radius 1 is 1.33 bits per heavy atom. The first-order valence-electron chi connectivity index (χ1n) is 7.09. The molecule has 1 aromatic heterocycles. The maximum absolute atomic E-state index is 11.3. The molecule has 0 aliphatic rings. The minimum absolute atomic E-state index is 0.0454. The van der Waals surface area contributed by atoms with Crippen LogP contribution in [0.2, 0.25) is 0 Å². The molecule has 2 rings (SSSR count). The van der Waals surface area contributed by atoms with E-state index in [0.29, 0.717) is 41.4 Å². The van der Waals surface area contributed by atoms with Gasteiger partial charge in [-0.15, -0.1) is 0 Å². The second kappa shape index (κ2) is 7.78. The molecule has 0 amide bonds. The third-order valence-electron chi connectivity index (χ3n) is 3.40. The summed E-state index contributed by atoms with van der Waals surface area (Å²) >= 11 is 0. The summed E-state index contributed by atoms with van der Waals surface area (Å²) < 4.78 is 10.3. The van der Waals surface area contributed by atoms with Crippen LogP contribution in [0, 0.1) is 21.4 Å². The number of nitro groups is 1. The Morgan fingerprint density at radius 2 is 2.04 bits per heavy atom. The Bertz CT molecular complexity index is 786. The molecule has 8 heteroatoms. The number of hydrogen-bond donors (Lipinski definition) is 1. The van der Waals surface area contributed by atoms with Gasteiger partial charge in [0.15, 0.2) is 11.5 Å². The van der Waals surface area contributed by atoms with Crippen LogP contribution in [0.4, 0.5) is 11.5 Å². The number of pyridine rings is 1. The lowest BCUT2D eigenvalue weighted by molar-refractivity contribution is -0.385. The Morgan fingerprint density at radius 3 is 2.67 bits per heavy atom. The number of nitriles is 1. The lowest BCUT2D eigenvalue weighted by atomic mass is 10.1. The molecule has 2 aromatic rings. The van der Waals surface area contributed by atoms with Crippen LogP contribution in [-0.2, 0) is 6.42 Å². The molecule has 1 N–H and O–H groups in total. The third kappa shape index (κ3) is 3.70. The molecule has 0 saturated heterocycles. The summed E-state index contributed by atoms with van der Waals surface area (Å²) in [6.07, 6.45) is 1.93. The lowest BCUT2D eigenvalue weighted by Crippen LogP contribution is -2.09. The van der Waals surface area contributed by atoms with E-state index >= 15 is 0 Å². The molecule has 124 valence electrons. The predicted molar refractivity (Wildman–Crippen MR) is 87.3 cm³/mol. The van der Waals surface area contributed by atoms with E-state index in [1.165, 1.54) is 20.3 Å². The van der Waals surface area contributed by atoms with E-state index < -0.39 is 4.92 Å². The molecule has 24 heavy (non-hydrogen) atoms. The minimum Gasteiger partial charge on any atom is -0.493 e. The van der Waals surface area contributed by atoms with Crippen molar-refractivity contribution < 1.29 is 14.4 Å². The average Bonchev–Trinajstić information content (AvgIpc) is 2.61. The number of benzene rings is 1. The predicted octanol–water partition coefficient (Wildman–Crippen LogP) is 2.53. The van der Waals surface area contributed by atoms with Crippen molar-refractivity contribution in [1.29, 1.82) is 5.26 Å². The summed E-state index contributed by atoms with van der Waals surface area (Å²) in [5, 5.41) is 23.3. The van der Waals surface area contributed by atoms with E-state index in [1.807, 2.05) is 6.07 Å². The fourth-order valence-corrected chi connectivity index (χ4v) is 2.23. The van der Waals surface area contributed by atoms with Gasteiger partial charge in [0.2, 0.25) is 0 Å². The van der Waals surface area contributed by atoms with E-state index in [4.69, 9.17) is 14.7 Å². The van der Waals surface area contributed by atoms with Crippen LogP contribution < -0.4 is 14.8 Å². The lowest BCUT2D eigenvalue weighted by Gasteiger charge is -2.11. The number of methoxy groups -OCH3 is 2. The van der Waals surface area contributed by atoms with Crippen LogP contribution in [0.5, 0.6) is 11.5 Å². The van der Waals surface area contributed by atoms with E-state index in [-0.39, 0.29) is 5.69 Å². The average molecular weight is 328 g/mol. The first-order valence-corrected chi connectivity index (χ1v) is 7.09. The molecule has 0 aliphatic heterocycles. The molecule has 0 bridgehead atoms. The number of nitro benzene ring substituents is 1. The number of anilines is 1. The van der Waals surface area contributed by atoms with Gasteiger partial charge in [0, 0.05) is 18.3 Å². The van der Waals surface area contributed by atoms with Gasteiger partial charge in [0.25, 0.3) is 5.69 Å². The Hall–Kier alpha value is -3.34. The van der Waals surface area contributed by atoms with E-state index in [1.54, 1.807) is 24.4 Å². The number of aromatic nitrogens is 1. The number of hydrogen-bond acceptors (Lipinski definition) is 7. The summed E-state index contributed by atoms with van der Waals surface area (Å²) in [7, 11) is 2.89. The van der Waals surface area contributed by atoms with Gasteiger partial charge in [-0.05, 0) is 24.6 Å². The van der Waals surface area contributed by atoms with E-state index in [2.05, 4.69) is 10.3 Å². The van der Waals surface area contributed by atoms with Crippen molar-refractivity contribution in [1.82, 2.24) is 4.98 Å². The molecular weight excluding hydrogens is 312 g/mol. The van der Waals surface area contributed by atoms with Gasteiger partial charge in [0.05, 0.1) is 30.8 Å². The monoisotopic (exact) mass is 328 g/mol.